The Labute approximate surface area is 163 Å². The Bertz CT molecular complexity index is 801. The predicted octanol–water partition coefficient (Wildman–Crippen LogP) is 3.57. The Kier molecular flexibility index (Phi) is 5.81. The lowest BCUT2D eigenvalue weighted by Gasteiger charge is -2.22. The second-order valence-electron chi connectivity index (χ2n) is 6.38. The van der Waals surface area contributed by atoms with Gasteiger partial charge in [-0.25, -0.2) is 0 Å². The molecule has 6 nitrogen and oxygen atoms in total. The van der Waals surface area contributed by atoms with Gasteiger partial charge in [-0.2, -0.15) is 0 Å². The summed E-state index contributed by atoms with van der Waals surface area (Å²) in [6.07, 6.45) is -0.431. The second kappa shape index (κ2) is 7.94. The van der Waals surface area contributed by atoms with Crippen molar-refractivity contribution in [3.63, 3.8) is 0 Å². The van der Waals surface area contributed by atoms with Crippen molar-refractivity contribution in [3.8, 4) is 17.2 Å². The van der Waals surface area contributed by atoms with Crippen LogP contribution in [-0.4, -0.2) is 38.6 Å². The van der Waals surface area contributed by atoms with E-state index in [4.69, 9.17) is 35.3 Å². The Morgan fingerprint density at radius 3 is 2.41 bits per heavy atom. The molecule has 0 bridgehead atoms. The first-order chi connectivity index (χ1) is 12.9. The molecule has 0 radical (unpaired) electrons. The maximum absolute atomic E-state index is 10.7. The van der Waals surface area contributed by atoms with E-state index in [0.717, 1.165) is 16.1 Å². The molecule has 2 atom stereocenters. The van der Waals surface area contributed by atoms with Crippen LogP contribution in [0.25, 0.3) is 0 Å². The highest BCUT2D eigenvalue weighted by Gasteiger charge is 2.42. The summed E-state index contributed by atoms with van der Waals surface area (Å²) in [7, 11) is 3.07. The van der Waals surface area contributed by atoms with Crippen LogP contribution in [0, 0.1) is 13.8 Å². The van der Waals surface area contributed by atoms with Crippen LogP contribution < -0.4 is 14.2 Å². The van der Waals surface area contributed by atoms with Crippen molar-refractivity contribution in [2.24, 2.45) is 0 Å². The van der Waals surface area contributed by atoms with E-state index in [2.05, 4.69) is 0 Å². The number of hydrogen-bond acceptors (Lipinski definition) is 6. The lowest BCUT2D eigenvalue weighted by atomic mass is 10.1. The third-order valence-corrected chi connectivity index (χ3v) is 4.98. The van der Waals surface area contributed by atoms with E-state index in [0.29, 0.717) is 22.8 Å². The fourth-order valence-electron chi connectivity index (χ4n) is 2.94. The minimum atomic E-state index is -1.86. The molecule has 0 saturated carbocycles. The molecule has 146 valence electrons. The molecule has 0 amide bonds. The number of benzene rings is 2. The molecule has 1 fully saturated rings. The van der Waals surface area contributed by atoms with Gasteiger partial charge in [0.1, 0.15) is 18.5 Å². The van der Waals surface area contributed by atoms with Gasteiger partial charge in [-0.3, -0.25) is 0 Å². The van der Waals surface area contributed by atoms with Gasteiger partial charge in [0.25, 0.3) is 0 Å². The van der Waals surface area contributed by atoms with E-state index >= 15 is 0 Å². The lowest BCUT2D eigenvalue weighted by Crippen LogP contribution is -2.29. The van der Waals surface area contributed by atoms with Crippen molar-refractivity contribution >= 4 is 11.6 Å². The molecule has 1 saturated heterocycles. The fourth-order valence-corrected chi connectivity index (χ4v) is 3.05. The molecule has 1 N–H and O–H groups in total. The summed E-state index contributed by atoms with van der Waals surface area (Å²) in [4.78, 5) is 0. The first-order valence-electron chi connectivity index (χ1n) is 8.52. The molecule has 2 aromatic carbocycles. The summed E-state index contributed by atoms with van der Waals surface area (Å²) in [5, 5.41) is 11.5. The smallest absolute Gasteiger partial charge is 0.310 e. The van der Waals surface area contributed by atoms with Crippen LogP contribution in [0.3, 0.4) is 0 Å². The van der Waals surface area contributed by atoms with Crippen LogP contribution in [0.1, 0.15) is 16.7 Å². The molecule has 0 aromatic heterocycles. The van der Waals surface area contributed by atoms with Crippen molar-refractivity contribution in [1.29, 1.82) is 0 Å². The summed E-state index contributed by atoms with van der Waals surface area (Å²) < 4.78 is 27.5. The molecule has 0 unspecified atom stereocenters. The standard InChI is InChI=1S/C20H23ClO6/c1-12-7-15(8-13(2)19(12)21)25-10-16-11-26-20(22,27-16)14-5-6-17(23-3)18(9-14)24-4/h5-9,16,22H,10-11H2,1-4H3/t16-,20-/m1/s1. The third-order valence-electron chi connectivity index (χ3n) is 4.39. The third kappa shape index (κ3) is 4.14. The average Bonchev–Trinajstić information content (AvgIpc) is 3.06. The molecule has 0 spiro atoms. The number of hydrogen-bond donors (Lipinski definition) is 1. The zero-order chi connectivity index (χ0) is 19.6. The number of rotatable bonds is 6. The van der Waals surface area contributed by atoms with Gasteiger partial charge in [-0.15, -0.1) is 0 Å². The number of ether oxygens (including phenoxy) is 5. The molecule has 1 aliphatic heterocycles. The second-order valence-corrected chi connectivity index (χ2v) is 6.76. The van der Waals surface area contributed by atoms with Gasteiger partial charge in [0.2, 0.25) is 0 Å². The summed E-state index contributed by atoms with van der Waals surface area (Å²) in [6.45, 7) is 4.27. The molecule has 7 heteroatoms. The molecular formula is C20H23ClO6. The van der Waals surface area contributed by atoms with Crippen LogP contribution >= 0.6 is 11.6 Å². The summed E-state index contributed by atoms with van der Waals surface area (Å²) in [5.41, 5.74) is 2.30. The Morgan fingerprint density at radius 1 is 1.11 bits per heavy atom. The summed E-state index contributed by atoms with van der Waals surface area (Å²) in [6, 6.07) is 8.70. The SMILES string of the molecule is COc1ccc([C@@]2(O)OC[C@@H](COc3cc(C)c(Cl)c(C)c3)O2)cc1OC. The molecule has 27 heavy (non-hydrogen) atoms. The molecule has 3 rings (SSSR count). The normalized spacial score (nSPS) is 21.9. The van der Waals surface area contributed by atoms with Gasteiger partial charge in [-0.1, -0.05) is 11.6 Å². The van der Waals surface area contributed by atoms with Crippen molar-refractivity contribution < 1.29 is 28.8 Å². The largest absolute Gasteiger partial charge is 0.493 e. The zero-order valence-corrected chi connectivity index (χ0v) is 16.5. The van der Waals surface area contributed by atoms with Gasteiger partial charge in [0, 0.05) is 10.6 Å². The quantitative estimate of drug-likeness (QED) is 0.808. The maximum Gasteiger partial charge on any atom is 0.310 e. The van der Waals surface area contributed by atoms with Crippen LogP contribution in [0.2, 0.25) is 5.02 Å². The van der Waals surface area contributed by atoms with E-state index in [9.17, 15) is 5.11 Å². The van der Waals surface area contributed by atoms with Crippen LogP contribution in [0.5, 0.6) is 17.2 Å². The average molecular weight is 395 g/mol. The van der Waals surface area contributed by atoms with Crippen LogP contribution in [-0.2, 0) is 15.4 Å². The van der Waals surface area contributed by atoms with Gasteiger partial charge >= 0.3 is 5.97 Å². The number of halogens is 1. The molecule has 1 heterocycles. The van der Waals surface area contributed by atoms with Gasteiger partial charge in [0.05, 0.1) is 20.8 Å². The van der Waals surface area contributed by atoms with Crippen molar-refractivity contribution in [2.45, 2.75) is 25.9 Å². The van der Waals surface area contributed by atoms with E-state index < -0.39 is 12.1 Å². The first-order valence-corrected chi connectivity index (χ1v) is 8.90. The highest BCUT2D eigenvalue weighted by molar-refractivity contribution is 6.32. The topological polar surface area (TPSA) is 66.4 Å². The maximum atomic E-state index is 10.7. The predicted molar refractivity (Wildman–Crippen MR) is 101 cm³/mol. The molecule has 1 aliphatic rings. The molecule has 2 aromatic rings. The summed E-state index contributed by atoms with van der Waals surface area (Å²) >= 11 is 6.18. The van der Waals surface area contributed by atoms with Crippen LogP contribution in [0.15, 0.2) is 30.3 Å². The van der Waals surface area contributed by atoms with Crippen molar-refractivity contribution in [2.75, 3.05) is 27.4 Å². The summed E-state index contributed by atoms with van der Waals surface area (Å²) in [5.74, 6) is -0.141. The minimum Gasteiger partial charge on any atom is -0.493 e. The minimum absolute atomic E-state index is 0.191. The molecular weight excluding hydrogens is 372 g/mol. The van der Waals surface area contributed by atoms with Crippen molar-refractivity contribution in [3.05, 3.63) is 52.0 Å². The van der Waals surface area contributed by atoms with Gasteiger partial charge in [-0.05, 0) is 55.3 Å². The Morgan fingerprint density at radius 2 is 1.78 bits per heavy atom. The van der Waals surface area contributed by atoms with E-state index in [1.165, 1.54) is 7.11 Å². The van der Waals surface area contributed by atoms with Gasteiger partial charge < -0.3 is 28.8 Å². The number of aliphatic hydroxyl groups is 1. The van der Waals surface area contributed by atoms with E-state index in [1.807, 2.05) is 26.0 Å². The van der Waals surface area contributed by atoms with Crippen LogP contribution in [0.4, 0.5) is 0 Å². The van der Waals surface area contributed by atoms with E-state index in [-0.39, 0.29) is 13.2 Å². The first kappa shape index (κ1) is 19.8. The molecule has 0 aliphatic carbocycles. The highest BCUT2D eigenvalue weighted by Crippen LogP contribution is 2.37. The van der Waals surface area contributed by atoms with E-state index in [1.54, 1.807) is 25.3 Å². The highest BCUT2D eigenvalue weighted by atomic mass is 35.5. The number of aryl methyl sites for hydroxylation is 2. The zero-order valence-electron chi connectivity index (χ0n) is 15.7. The van der Waals surface area contributed by atoms with Crippen molar-refractivity contribution in [1.82, 2.24) is 0 Å². The Balaban J connectivity index is 1.67. The fraction of sp³-hybridized carbons (Fsp3) is 0.400. The Hall–Kier alpha value is -1.99. The monoisotopic (exact) mass is 394 g/mol. The number of methoxy groups -OCH3 is 2. The van der Waals surface area contributed by atoms with Gasteiger partial charge in [0.15, 0.2) is 11.5 Å². The lowest BCUT2D eigenvalue weighted by molar-refractivity contribution is -0.325.